The average Bonchev–Trinajstić information content (AvgIpc) is 2.87. The van der Waals surface area contributed by atoms with Crippen LogP contribution in [0.15, 0.2) is 0 Å². The topological polar surface area (TPSA) is 43.8 Å². The highest BCUT2D eigenvalue weighted by molar-refractivity contribution is 5.71. The van der Waals surface area contributed by atoms with Crippen LogP contribution in [0.25, 0.3) is 0 Å². The molecule has 4 unspecified atom stereocenters. The lowest BCUT2D eigenvalue weighted by Gasteiger charge is -2.32. The van der Waals surface area contributed by atoms with Gasteiger partial charge in [0.2, 0.25) is 0 Å². The highest BCUT2D eigenvalue weighted by Crippen LogP contribution is 2.44. The molecule has 1 N–H and O–H groups in total. The van der Waals surface area contributed by atoms with Crippen molar-refractivity contribution >= 4 is 5.97 Å². The molecule has 3 aliphatic heterocycles. The Kier molecular flexibility index (Phi) is 4.04. The molecule has 2 bridgehead atoms. The van der Waals surface area contributed by atoms with Crippen LogP contribution >= 0.6 is 0 Å². The number of carboxylic acid groups (broad SMARTS) is 1. The molecule has 4 nitrogen and oxygen atoms in total. The molecule has 0 aromatic rings. The summed E-state index contributed by atoms with van der Waals surface area (Å²) >= 11 is 0. The molecule has 3 aliphatic rings. The van der Waals surface area contributed by atoms with E-state index in [1.807, 2.05) is 0 Å². The first-order valence-electron chi connectivity index (χ1n) is 8.32. The fourth-order valence-corrected chi connectivity index (χ4v) is 4.78. The first-order valence-corrected chi connectivity index (χ1v) is 8.32. The van der Waals surface area contributed by atoms with Crippen molar-refractivity contribution in [3.8, 4) is 0 Å². The number of nitrogens with zero attached hydrogens (tertiary/aromatic N) is 2. The van der Waals surface area contributed by atoms with E-state index in [2.05, 4.69) is 23.6 Å². The van der Waals surface area contributed by atoms with Gasteiger partial charge >= 0.3 is 5.97 Å². The highest BCUT2D eigenvalue weighted by atomic mass is 16.4. The van der Waals surface area contributed by atoms with Gasteiger partial charge in [0.25, 0.3) is 0 Å². The molecule has 3 fully saturated rings. The molecule has 0 aromatic carbocycles. The van der Waals surface area contributed by atoms with Crippen LogP contribution in [0.5, 0.6) is 0 Å². The SMILES string of the molecule is CC(C)N1CCCC(N2C3CCC2C(C(=O)O)C3)CC1. The van der Waals surface area contributed by atoms with Gasteiger partial charge < -0.3 is 10.0 Å². The molecule has 0 radical (unpaired) electrons. The van der Waals surface area contributed by atoms with E-state index in [9.17, 15) is 9.90 Å². The van der Waals surface area contributed by atoms with Gasteiger partial charge in [-0.15, -0.1) is 0 Å². The van der Waals surface area contributed by atoms with Gasteiger partial charge in [0, 0.05) is 24.2 Å². The Morgan fingerprint density at radius 3 is 2.55 bits per heavy atom. The van der Waals surface area contributed by atoms with Crippen LogP contribution < -0.4 is 0 Å². The van der Waals surface area contributed by atoms with Crippen LogP contribution in [0.1, 0.15) is 52.4 Å². The average molecular weight is 280 g/mol. The molecule has 0 spiro atoms. The van der Waals surface area contributed by atoms with Crippen LogP contribution in [0, 0.1) is 5.92 Å². The van der Waals surface area contributed by atoms with Crippen LogP contribution in [0.4, 0.5) is 0 Å². The van der Waals surface area contributed by atoms with Crippen molar-refractivity contribution in [1.29, 1.82) is 0 Å². The maximum atomic E-state index is 11.4. The lowest BCUT2D eigenvalue weighted by molar-refractivity contribution is -0.142. The van der Waals surface area contributed by atoms with E-state index < -0.39 is 5.97 Å². The summed E-state index contributed by atoms with van der Waals surface area (Å²) in [6, 6.07) is 2.14. The minimum Gasteiger partial charge on any atom is -0.481 e. The molecule has 0 aliphatic carbocycles. The van der Waals surface area contributed by atoms with E-state index in [1.54, 1.807) is 0 Å². The minimum atomic E-state index is -0.570. The van der Waals surface area contributed by atoms with Crippen LogP contribution in [-0.4, -0.2) is 58.1 Å². The summed E-state index contributed by atoms with van der Waals surface area (Å²) in [5, 5.41) is 9.39. The van der Waals surface area contributed by atoms with Crippen molar-refractivity contribution in [2.24, 2.45) is 5.92 Å². The number of carbonyl (C=O) groups is 1. The van der Waals surface area contributed by atoms with Crippen molar-refractivity contribution in [2.75, 3.05) is 13.1 Å². The molecular formula is C16H28N2O2. The predicted octanol–water partition coefficient (Wildman–Crippen LogP) is 2.19. The summed E-state index contributed by atoms with van der Waals surface area (Å²) < 4.78 is 0. The van der Waals surface area contributed by atoms with Gasteiger partial charge in [0.1, 0.15) is 0 Å². The van der Waals surface area contributed by atoms with Gasteiger partial charge in [-0.25, -0.2) is 0 Å². The zero-order valence-electron chi connectivity index (χ0n) is 12.8. The Balaban J connectivity index is 1.66. The third kappa shape index (κ3) is 2.48. The summed E-state index contributed by atoms with van der Waals surface area (Å²) in [5.74, 6) is -0.669. The molecule has 0 aromatic heterocycles. The van der Waals surface area contributed by atoms with Crippen molar-refractivity contribution in [1.82, 2.24) is 9.80 Å². The van der Waals surface area contributed by atoms with Crippen molar-refractivity contribution in [3.05, 3.63) is 0 Å². The maximum Gasteiger partial charge on any atom is 0.308 e. The molecular weight excluding hydrogens is 252 g/mol. The summed E-state index contributed by atoms with van der Waals surface area (Å²) in [6.07, 6.45) is 6.95. The van der Waals surface area contributed by atoms with E-state index in [-0.39, 0.29) is 5.92 Å². The van der Waals surface area contributed by atoms with Crippen LogP contribution in [-0.2, 0) is 4.79 Å². The molecule has 4 heteroatoms. The third-order valence-corrected chi connectivity index (χ3v) is 5.79. The lowest BCUT2D eigenvalue weighted by Crippen LogP contribution is -2.41. The van der Waals surface area contributed by atoms with Gasteiger partial charge in [-0.05, 0) is 65.5 Å². The van der Waals surface area contributed by atoms with E-state index in [0.29, 0.717) is 24.2 Å². The van der Waals surface area contributed by atoms with E-state index in [1.165, 1.54) is 38.8 Å². The van der Waals surface area contributed by atoms with Gasteiger partial charge in [-0.2, -0.15) is 0 Å². The second kappa shape index (κ2) is 5.64. The Labute approximate surface area is 122 Å². The standard InChI is InChI=1S/C16H28N2O2/c1-11(2)17-8-3-4-12(7-9-17)18-13-5-6-15(18)14(10-13)16(19)20/h11-15H,3-10H2,1-2H3,(H,19,20). The molecule has 20 heavy (non-hydrogen) atoms. The normalized spacial score (nSPS) is 39.4. The van der Waals surface area contributed by atoms with E-state index in [4.69, 9.17) is 0 Å². The largest absolute Gasteiger partial charge is 0.481 e. The Morgan fingerprint density at radius 1 is 1.10 bits per heavy atom. The first-order chi connectivity index (χ1) is 9.58. The molecule has 4 atom stereocenters. The number of fused-ring (bicyclic) bond motifs is 2. The van der Waals surface area contributed by atoms with Crippen molar-refractivity contribution in [2.45, 2.75) is 76.5 Å². The number of carboxylic acids is 1. The number of hydrogen-bond acceptors (Lipinski definition) is 3. The summed E-state index contributed by atoms with van der Waals surface area (Å²) in [7, 11) is 0. The number of aliphatic carboxylic acids is 1. The second-order valence-electron chi connectivity index (χ2n) is 7.14. The summed E-state index contributed by atoms with van der Waals surface area (Å²) in [5.41, 5.74) is 0. The first kappa shape index (κ1) is 14.3. The Bertz CT molecular complexity index is 371. The number of hydrogen-bond donors (Lipinski definition) is 1. The van der Waals surface area contributed by atoms with Gasteiger partial charge in [0.15, 0.2) is 0 Å². The lowest BCUT2D eigenvalue weighted by atomic mass is 9.89. The Morgan fingerprint density at radius 2 is 1.90 bits per heavy atom. The summed E-state index contributed by atoms with van der Waals surface area (Å²) in [4.78, 5) is 16.6. The molecule has 3 saturated heterocycles. The zero-order chi connectivity index (χ0) is 14.3. The van der Waals surface area contributed by atoms with Gasteiger partial charge in [-0.3, -0.25) is 9.69 Å². The Hall–Kier alpha value is -0.610. The smallest absolute Gasteiger partial charge is 0.308 e. The fraction of sp³-hybridized carbons (Fsp3) is 0.938. The molecule has 3 rings (SSSR count). The molecule has 0 saturated carbocycles. The van der Waals surface area contributed by atoms with Crippen molar-refractivity contribution in [3.63, 3.8) is 0 Å². The van der Waals surface area contributed by atoms with Crippen LogP contribution in [0.3, 0.4) is 0 Å². The zero-order valence-corrected chi connectivity index (χ0v) is 12.8. The van der Waals surface area contributed by atoms with E-state index in [0.717, 1.165) is 12.8 Å². The van der Waals surface area contributed by atoms with Gasteiger partial charge in [0.05, 0.1) is 5.92 Å². The molecule has 114 valence electrons. The third-order valence-electron chi connectivity index (χ3n) is 5.79. The number of likely N-dealkylation sites (tertiary alicyclic amines) is 1. The maximum absolute atomic E-state index is 11.4. The van der Waals surface area contributed by atoms with E-state index >= 15 is 0 Å². The predicted molar refractivity (Wildman–Crippen MR) is 78.7 cm³/mol. The van der Waals surface area contributed by atoms with Crippen LogP contribution in [0.2, 0.25) is 0 Å². The fourth-order valence-electron chi connectivity index (χ4n) is 4.78. The highest BCUT2D eigenvalue weighted by Gasteiger charge is 2.51. The quantitative estimate of drug-likeness (QED) is 0.860. The molecule has 3 heterocycles. The second-order valence-corrected chi connectivity index (χ2v) is 7.14. The summed E-state index contributed by atoms with van der Waals surface area (Å²) in [6.45, 7) is 6.94. The molecule has 0 amide bonds. The van der Waals surface area contributed by atoms with Gasteiger partial charge in [-0.1, -0.05) is 0 Å². The number of rotatable bonds is 3. The minimum absolute atomic E-state index is 0.0989. The van der Waals surface area contributed by atoms with Crippen molar-refractivity contribution < 1.29 is 9.90 Å². The monoisotopic (exact) mass is 280 g/mol.